The number of carbonyl (C=O) groups excluding carboxylic acids is 1. The second-order valence-electron chi connectivity index (χ2n) is 8.56. The summed E-state index contributed by atoms with van der Waals surface area (Å²) in [6, 6.07) is 13.9. The van der Waals surface area contributed by atoms with Crippen LogP contribution in [0.5, 0.6) is 0 Å². The summed E-state index contributed by atoms with van der Waals surface area (Å²) in [7, 11) is 0. The molecule has 0 aromatic heterocycles. The monoisotopic (exact) mass is 502 g/mol. The summed E-state index contributed by atoms with van der Waals surface area (Å²) < 4.78 is 37.9. The van der Waals surface area contributed by atoms with E-state index in [1.165, 1.54) is 30.3 Å². The fourth-order valence-corrected chi connectivity index (χ4v) is 4.59. The normalized spacial score (nSPS) is 17.9. The molecule has 35 heavy (non-hydrogen) atoms. The number of ketones is 1. The molecule has 3 aromatic rings. The Morgan fingerprint density at radius 2 is 1.29 bits per heavy atom. The van der Waals surface area contributed by atoms with E-state index in [9.17, 15) is 18.0 Å². The van der Waals surface area contributed by atoms with Gasteiger partial charge in [0.25, 0.3) is 0 Å². The molecule has 3 N–H and O–H groups in total. The van der Waals surface area contributed by atoms with Gasteiger partial charge in [0.15, 0.2) is 5.78 Å². The molecule has 3 aromatic carbocycles. The van der Waals surface area contributed by atoms with Crippen LogP contribution in [0.4, 0.5) is 13.2 Å². The van der Waals surface area contributed by atoms with Crippen molar-refractivity contribution < 1.29 is 23.2 Å². The summed E-state index contributed by atoms with van der Waals surface area (Å²) in [5.74, 6) is -0.496. The van der Waals surface area contributed by atoms with Crippen molar-refractivity contribution in [3.63, 3.8) is 0 Å². The van der Waals surface area contributed by atoms with E-state index in [0.29, 0.717) is 30.5 Å². The summed E-state index contributed by atoms with van der Waals surface area (Å²) in [5.41, 5.74) is 12.0. The number of benzene rings is 3. The molecule has 0 heterocycles. The fourth-order valence-electron chi connectivity index (χ4n) is 4.59. The van der Waals surface area contributed by atoms with Crippen molar-refractivity contribution in [2.24, 2.45) is 10.9 Å². The Labute approximate surface area is 208 Å². The summed E-state index contributed by atoms with van der Waals surface area (Å²) >= 11 is 0. The molecule has 0 saturated heterocycles. The first-order chi connectivity index (χ1) is 16.4. The molecule has 6 rings (SSSR count). The topological polar surface area (TPSA) is 75.7 Å². The molecule has 0 spiro atoms. The highest BCUT2D eigenvalue weighted by Gasteiger charge is 2.20. The van der Waals surface area contributed by atoms with E-state index in [0.717, 1.165) is 47.1 Å². The molecular weight excluding hydrogens is 477 g/mol. The first-order valence-electron chi connectivity index (χ1n) is 11.2. The van der Waals surface area contributed by atoms with Gasteiger partial charge in [0.05, 0.1) is 5.71 Å². The van der Waals surface area contributed by atoms with Gasteiger partial charge < -0.3 is 10.9 Å². The molecule has 0 radical (unpaired) electrons. The number of nitrogens with two attached hydrogens (primary N) is 1. The molecule has 0 aliphatic heterocycles. The number of nitrogens with zero attached hydrogens (tertiary/aromatic N) is 1. The van der Waals surface area contributed by atoms with Gasteiger partial charge in [0.1, 0.15) is 17.5 Å². The third kappa shape index (κ3) is 6.10. The van der Waals surface area contributed by atoms with Crippen molar-refractivity contribution in [3.05, 3.63) is 105 Å². The molecule has 8 heteroatoms. The third-order valence-corrected chi connectivity index (χ3v) is 6.35. The number of halogens is 4. The molecule has 0 fully saturated rings. The van der Waals surface area contributed by atoms with Gasteiger partial charge in [-0.3, -0.25) is 4.79 Å². The number of hydrogen-bond donors (Lipinski definition) is 2. The van der Waals surface area contributed by atoms with Crippen LogP contribution in [0.15, 0.2) is 59.8 Å². The molecule has 1 unspecified atom stereocenters. The molecule has 0 amide bonds. The number of fused-ring (bicyclic) bond motifs is 3. The third-order valence-electron chi connectivity index (χ3n) is 6.35. The number of aryl methyl sites for hydroxylation is 3. The largest absolute Gasteiger partial charge is 0.411 e. The van der Waals surface area contributed by atoms with Gasteiger partial charge >= 0.3 is 0 Å². The van der Waals surface area contributed by atoms with Crippen LogP contribution < -0.4 is 5.73 Å². The maximum absolute atomic E-state index is 12.7. The van der Waals surface area contributed by atoms with Crippen molar-refractivity contribution >= 4 is 23.9 Å². The van der Waals surface area contributed by atoms with Crippen LogP contribution in [0.3, 0.4) is 0 Å². The van der Waals surface area contributed by atoms with Crippen LogP contribution in [-0.4, -0.2) is 16.7 Å². The highest BCUT2D eigenvalue weighted by Crippen LogP contribution is 2.29. The highest BCUT2D eigenvalue weighted by atomic mass is 35.5. The zero-order valence-electron chi connectivity index (χ0n) is 18.9. The second-order valence-corrected chi connectivity index (χ2v) is 8.56. The van der Waals surface area contributed by atoms with Crippen LogP contribution in [-0.2, 0) is 19.3 Å². The van der Waals surface area contributed by atoms with Crippen LogP contribution in [0.25, 0.3) is 0 Å². The predicted octanol–water partition coefficient (Wildman–Crippen LogP) is 6.10. The Morgan fingerprint density at radius 1 is 0.743 bits per heavy atom. The average Bonchev–Trinajstić information content (AvgIpc) is 3.51. The van der Waals surface area contributed by atoms with Gasteiger partial charge in [-0.15, -0.1) is 12.4 Å². The Bertz CT molecular complexity index is 1260. The number of oxime groups is 1. The van der Waals surface area contributed by atoms with E-state index in [-0.39, 0.29) is 41.7 Å². The number of rotatable bonds is 0. The lowest BCUT2D eigenvalue weighted by molar-refractivity contribution is 0.0994. The quantitative estimate of drug-likeness (QED) is 0.288. The van der Waals surface area contributed by atoms with Gasteiger partial charge in [0, 0.05) is 23.6 Å². The van der Waals surface area contributed by atoms with Crippen molar-refractivity contribution in [1.82, 2.24) is 0 Å². The smallest absolute Gasteiger partial charge is 0.163 e. The Kier molecular flexibility index (Phi) is 8.70. The van der Waals surface area contributed by atoms with Crippen molar-refractivity contribution in [2.45, 2.75) is 44.6 Å². The van der Waals surface area contributed by atoms with Gasteiger partial charge in [-0.2, -0.15) is 0 Å². The number of carbonyl (C=O) groups is 1. The van der Waals surface area contributed by atoms with E-state index < -0.39 is 0 Å². The second kappa shape index (κ2) is 11.5. The van der Waals surface area contributed by atoms with Crippen LogP contribution >= 0.6 is 12.4 Å². The average molecular weight is 503 g/mol. The first-order valence-corrected chi connectivity index (χ1v) is 11.2. The lowest BCUT2D eigenvalue weighted by Crippen LogP contribution is -2.04. The van der Waals surface area contributed by atoms with E-state index in [1.54, 1.807) is 24.3 Å². The zero-order valence-corrected chi connectivity index (χ0v) is 19.8. The SMILES string of the molecule is Cl.NC1CCc2cc(F)ccc21.O/N=C1\CCc2cc(F)ccc21.O=C1CCc2cc(F)ccc21. The number of hydrogen-bond acceptors (Lipinski definition) is 4. The van der Waals surface area contributed by atoms with Crippen LogP contribution in [0, 0.1) is 17.5 Å². The Hall–Kier alpha value is -3.16. The van der Waals surface area contributed by atoms with E-state index >= 15 is 0 Å². The highest BCUT2D eigenvalue weighted by molar-refractivity contribution is 6.04. The lowest BCUT2D eigenvalue weighted by atomic mass is 10.1. The van der Waals surface area contributed by atoms with Gasteiger partial charge in [-0.05, 0) is 103 Å². The van der Waals surface area contributed by atoms with Crippen LogP contribution in [0.1, 0.15) is 63.5 Å². The number of Topliss-reactive ketones (excluding diaryl/α,β-unsaturated/α-hetero) is 1. The molecule has 3 aliphatic carbocycles. The Morgan fingerprint density at radius 3 is 1.94 bits per heavy atom. The molecule has 1 atom stereocenters. The van der Waals surface area contributed by atoms with E-state index in [4.69, 9.17) is 10.9 Å². The summed E-state index contributed by atoms with van der Waals surface area (Å²) in [6.45, 7) is 0. The van der Waals surface area contributed by atoms with Crippen molar-refractivity contribution in [1.29, 1.82) is 0 Å². The maximum Gasteiger partial charge on any atom is 0.163 e. The lowest BCUT2D eigenvalue weighted by Gasteiger charge is -2.02. The molecule has 4 nitrogen and oxygen atoms in total. The molecule has 0 saturated carbocycles. The van der Waals surface area contributed by atoms with Gasteiger partial charge in [0.2, 0.25) is 0 Å². The van der Waals surface area contributed by atoms with Gasteiger partial charge in [-0.25, -0.2) is 13.2 Å². The van der Waals surface area contributed by atoms with Crippen molar-refractivity contribution in [2.75, 3.05) is 0 Å². The minimum absolute atomic E-state index is 0. The Balaban J connectivity index is 0.000000145. The molecule has 184 valence electrons. The van der Waals surface area contributed by atoms with E-state index in [1.807, 2.05) is 0 Å². The zero-order chi connectivity index (χ0) is 24.2. The molecule has 0 bridgehead atoms. The molecule has 3 aliphatic rings. The minimum atomic E-state index is -0.251. The summed E-state index contributed by atoms with van der Waals surface area (Å²) in [5, 5.41) is 11.7. The summed E-state index contributed by atoms with van der Waals surface area (Å²) in [6.07, 6.45) is 4.60. The van der Waals surface area contributed by atoms with Crippen LogP contribution in [0.2, 0.25) is 0 Å². The van der Waals surface area contributed by atoms with Crippen molar-refractivity contribution in [3.8, 4) is 0 Å². The summed E-state index contributed by atoms with van der Waals surface area (Å²) in [4.78, 5) is 11.1. The predicted molar refractivity (Wildman–Crippen MR) is 131 cm³/mol. The first kappa shape index (κ1) is 26.4. The van der Waals surface area contributed by atoms with Gasteiger partial charge in [-0.1, -0.05) is 11.2 Å². The maximum atomic E-state index is 12.7. The fraction of sp³-hybridized carbons (Fsp3) is 0.259. The van der Waals surface area contributed by atoms with E-state index in [2.05, 4.69) is 5.16 Å². The standard InChI is InChI=1S/C9H8FNO.C9H10FN.C9H7FO.ClH/c10-7-2-3-8-6(5-7)1-4-9(8)11-12;2*10-7-2-3-8-6(5-7)1-4-9(8)11;/h2-3,5,12H,1,4H2;2-3,5,9H,1,4,11H2;2-3,5H,1,4H2;1H/b11-9+;;;. The molecular formula is C27H26ClF3N2O2. The minimum Gasteiger partial charge on any atom is -0.411 e.